The molecule has 1 nitrogen and oxygen atoms in total. The molecule has 1 aromatic carbocycles. The summed E-state index contributed by atoms with van der Waals surface area (Å²) in [6.45, 7) is 2.01. The van der Waals surface area contributed by atoms with Crippen molar-refractivity contribution in [3.63, 3.8) is 0 Å². The molecule has 0 aliphatic rings. The van der Waals surface area contributed by atoms with Gasteiger partial charge in [0.05, 0.1) is 0 Å². The molecule has 0 atom stereocenters. The first-order valence-corrected chi connectivity index (χ1v) is 4.69. The van der Waals surface area contributed by atoms with Gasteiger partial charge in [-0.3, -0.25) is 4.99 Å². The van der Waals surface area contributed by atoms with E-state index in [1.165, 1.54) is 11.1 Å². The maximum Gasteiger partial charge on any atom is 0.0277 e. The van der Waals surface area contributed by atoms with Gasteiger partial charge in [-0.15, -0.1) is 0 Å². The lowest BCUT2D eigenvalue weighted by Gasteiger charge is -1.99. The molecular formula is C13H15N. The van der Waals surface area contributed by atoms with E-state index in [-0.39, 0.29) is 0 Å². The van der Waals surface area contributed by atoms with Crippen molar-refractivity contribution in [1.82, 2.24) is 0 Å². The maximum atomic E-state index is 3.95. The summed E-state index contributed by atoms with van der Waals surface area (Å²) in [7, 11) is 1.77. The summed E-state index contributed by atoms with van der Waals surface area (Å²) < 4.78 is 0. The van der Waals surface area contributed by atoms with Gasteiger partial charge in [-0.1, -0.05) is 42.5 Å². The van der Waals surface area contributed by atoms with E-state index in [1.54, 1.807) is 7.05 Å². The Kier molecular flexibility index (Phi) is 4.42. The standard InChI is InChI=1S/C13H15N/c1-3-7-12(10-11-14-2)13-8-5-4-6-9-13/h3-11H,1-2H3/b7-3-,12-10+,14-11+. The van der Waals surface area contributed by atoms with E-state index in [0.29, 0.717) is 0 Å². The Morgan fingerprint density at radius 1 is 1.21 bits per heavy atom. The van der Waals surface area contributed by atoms with Crippen LogP contribution in [0.5, 0.6) is 0 Å². The summed E-state index contributed by atoms with van der Waals surface area (Å²) in [6.07, 6.45) is 7.93. The van der Waals surface area contributed by atoms with Crippen molar-refractivity contribution in [2.45, 2.75) is 6.92 Å². The Bertz CT molecular complexity index is 345. The second-order valence-corrected chi connectivity index (χ2v) is 2.90. The number of nitrogens with zero attached hydrogens (tertiary/aromatic N) is 1. The quantitative estimate of drug-likeness (QED) is 0.506. The minimum Gasteiger partial charge on any atom is -0.296 e. The van der Waals surface area contributed by atoms with Crippen LogP contribution >= 0.6 is 0 Å². The van der Waals surface area contributed by atoms with Crippen LogP contribution in [0.1, 0.15) is 12.5 Å². The fourth-order valence-corrected chi connectivity index (χ4v) is 1.21. The number of benzene rings is 1. The molecule has 0 saturated carbocycles. The first-order chi connectivity index (χ1) is 6.88. The van der Waals surface area contributed by atoms with Gasteiger partial charge >= 0.3 is 0 Å². The molecule has 0 unspecified atom stereocenters. The van der Waals surface area contributed by atoms with Crippen molar-refractivity contribution in [3.8, 4) is 0 Å². The number of allylic oxidation sites excluding steroid dienone is 4. The molecule has 0 aliphatic carbocycles. The molecule has 0 spiro atoms. The second kappa shape index (κ2) is 5.92. The predicted molar refractivity (Wildman–Crippen MR) is 63.6 cm³/mol. The average Bonchev–Trinajstić information content (AvgIpc) is 2.25. The smallest absolute Gasteiger partial charge is 0.0277 e. The molecule has 0 radical (unpaired) electrons. The fourth-order valence-electron chi connectivity index (χ4n) is 1.21. The SMILES string of the molecule is C\C=C/C(=C\C=N\C)c1ccccc1. The Morgan fingerprint density at radius 3 is 2.50 bits per heavy atom. The molecule has 0 N–H and O–H groups in total. The highest BCUT2D eigenvalue weighted by Crippen LogP contribution is 2.14. The Balaban J connectivity index is 3.00. The number of hydrogen-bond donors (Lipinski definition) is 0. The van der Waals surface area contributed by atoms with Crippen LogP contribution in [-0.2, 0) is 0 Å². The van der Waals surface area contributed by atoms with Crippen molar-refractivity contribution in [2.24, 2.45) is 4.99 Å². The Hall–Kier alpha value is -1.63. The van der Waals surface area contributed by atoms with Gasteiger partial charge in [-0.25, -0.2) is 0 Å². The van der Waals surface area contributed by atoms with Crippen LogP contribution in [0.4, 0.5) is 0 Å². The van der Waals surface area contributed by atoms with Gasteiger partial charge in [-0.2, -0.15) is 0 Å². The van der Waals surface area contributed by atoms with Gasteiger partial charge in [0.2, 0.25) is 0 Å². The lowest BCUT2D eigenvalue weighted by molar-refractivity contribution is 1.47. The molecule has 1 heteroatoms. The average molecular weight is 185 g/mol. The first kappa shape index (κ1) is 10.5. The summed E-state index contributed by atoms with van der Waals surface area (Å²) >= 11 is 0. The van der Waals surface area contributed by atoms with Crippen LogP contribution in [0.2, 0.25) is 0 Å². The first-order valence-electron chi connectivity index (χ1n) is 4.69. The van der Waals surface area contributed by atoms with E-state index in [1.807, 2.05) is 43.5 Å². The lowest BCUT2D eigenvalue weighted by atomic mass is 10.1. The third-order valence-corrected chi connectivity index (χ3v) is 1.86. The lowest BCUT2D eigenvalue weighted by Crippen LogP contribution is -1.80. The zero-order valence-corrected chi connectivity index (χ0v) is 8.64. The van der Waals surface area contributed by atoms with Crippen LogP contribution < -0.4 is 0 Å². The van der Waals surface area contributed by atoms with Crippen LogP contribution in [0, 0.1) is 0 Å². The van der Waals surface area contributed by atoms with Crippen LogP contribution in [0.25, 0.3) is 5.57 Å². The van der Waals surface area contributed by atoms with Crippen molar-refractivity contribution in [1.29, 1.82) is 0 Å². The highest BCUT2D eigenvalue weighted by atomic mass is 14.6. The largest absolute Gasteiger partial charge is 0.296 e. The summed E-state index contributed by atoms with van der Waals surface area (Å²) in [6, 6.07) is 10.3. The summed E-state index contributed by atoms with van der Waals surface area (Å²) in [5.74, 6) is 0. The molecule has 0 saturated heterocycles. The molecular weight excluding hydrogens is 170 g/mol. The predicted octanol–water partition coefficient (Wildman–Crippen LogP) is 3.35. The highest BCUT2D eigenvalue weighted by molar-refractivity contribution is 5.88. The van der Waals surface area contributed by atoms with Gasteiger partial charge in [0.25, 0.3) is 0 Å². The zero-order chi connectivity index (χ0) is 10.2. The van der Waals surface area contributed by atoms with Gasteiger partial charge < -0.3 is 0 Å². The topological polar surface area (TPSA) is 12.4 Å². The molecule has 14 heavy (non-hydrogen) atoms. The van der Waals surface area contributed by atoms with Crippen molar-refractivity contribution in [3.05, 3.63) is 54.1 Å². The molecule has 1 rings (SSSR count). The second-order valence-electron chi connectivity index (χ2n) is 2.90. The minimum atomic E-state index is 1.18. The van der Waals surface area contributed by atoms with Crippen LogP contribution in [0.3, 0.4) is 0 Å². The van der Waals surface area contributed by atoms with Crippen LogP contribution in [-0.4, -0.2) is 13.3 Å². The third kappa shape index (κ3) is 3.02. The Morgan fingerprint density at radius 2 is 1.93 bits per heavy atom. The zero-order valence-electron chi connectivity index (χ0n) is 8.64. The number of rotatable bonds is 3. The number of aliphatic imine (C=N–C) groups is 1. The van der Waals surface area contributed by atoms with Crippen LogP contribution in [0.15, 0.2) is 53.6 Å². The van der Waals surface area contributed by atoms with E-state index in [0.717, 1.165) is 0 Å². The van der Waals surface area contributed by atoms with Crippen molar-refractivity contribution < 1.29 is 0 Å². The molecule has 0 fully saturated rings. The monoisotopic (exact) mass is 185 g/mol. The normalized spacial score (nSPS) is 12.9. The van der Waals surface area contributed by atoms with Gasteiger partial charge in [0, 0.05) is 13.3 Å². The fraction of sp³-hybridized carbons (Fsp3) is 0.154. The van der Waals surface area contributed by atoms with Gasteiger partial charge in [-0.05, 0) is 24.1 Å². The number of hydrogen-bond acceptors (Lipinski definition) is 1. The molecule has 0 amide bonds. The van der Waals surface area contributed by atoms with E-state index in [4.69, 9.17) is 0 Å². The molecule has 72 valence electrons. The van der Waals surface area contributed by atoms with Crippen molar-refractivity contribution in [2.75, 3.05) is 7.05 Å². The third-order valence-electron chi connectivity index (χ3n) is 1.86. The Labute approximate surface area is 85.5 Å². The molecule has 0 bridgehead atoms. The van der Waals surface area contributed by atoms with Gasteiger partial charge in [0.15, 0.2) is 0 Å². The molecule has 0 heterocycles. The van der Waals surface area contributed by atoms with Crippen molar-refractivity contribution >= 4 is 11.8 Å². The summed E-state index contributed by atoms with van der Waals surface area (Å²) in [5, 5.41) is 0. The summed E-state index contributed by atoms with van der Waals surface area (Å²) in [5.41, 5.74) is 2.39. The maximum absolute atomic E-state index is 3.95. The van der Waals surface area contributed by atoms with Gasteiger partial charge in [0.1, 0.15) is 0 Å². The van der Waals surface area contributed by atoms with E-state index < -0.39 is 0 Å². The van der Waals surface area contributed by atoms with E-state index in [2.05, 4.69) is 23.2 Å². The molecule has 0 aliphatic heterocycles. The van der Waals surface area contributed by atoms with E-state index in [9.17, 15) is 0 Å². The van der Waals surface area contributed by atoms with E-state index >= 15 is 0 Å². The highest BCUT2D eigenvalue weighted by Gasteiger charge is 1.93. The minimum absolute atomic E-state index is 1.18. The molecule has 1 aromatic rings. The molecule has 0 aromatic heterocycles. The summed E-state index contributed by atoms with van der Waals surface area (Å²) in [4.78, 5) is 3.95.